The average molecular weight is 321 g/mol. The van der Waals surface area contributed by atoms with Crippen LogP contribution in [0.2, 0.25) is 8.87 Å². The molecule has 0 fully saturated rings. The van der Waals surface area contributed by atoms with Crippen LogP contribution in [0.4, 0.5) is 0 Å². The van der Waals surface area contributed by atoms with Crippen molar-refractivity contribution in [1.82, 2.24) is 6.24 Å². The van der Waals surface area contributed by atoms with Gasteiger partial charge in [0.2, 0.25) is 0 Å². The van der Waals surface area contributed by atoms with Gasteiger partial charge in [-0.1, -0.05) is 0 Å². The van der Waals surface area contributed by atoms with E-state index in [1.54, 1.807) is 0 Å². The minimum atomic E-state index is -2.17. The van der Waals surface area contributed by atoms with E-state index in [0.717, 1.165) is 0 Å². The molecular weight excluding hydrogens is 291 g/mol. The molecule has 0 saturated carbocycles. The molecule has 0 bridgehead atoms. The predicted molar refractivity (Wildman–Crippen MR) is 72.6 cm³/mol. The fourth-order valence-electron chi connectivity index (χ4n) is 2.97. The zero-order chi connectivity index (χ0) is 11.9. The van der Waals surface area contributed by atoms with Crippen molar-refractivity contribution in [2.24, 2.45) is 0 Å². The first-order chi connectivity index (χ1) is 7.16. The molecule has 0 aliphatic rings. The molecule has 0 aromatic carbocycles. The van der Waals surface area contributed by atoms with Crippen molar-refractivity contribution in [2.75, 3.05) is 26.2 Å². The molecule has 0 spiro atoms. The summed E-state index contributed by atoms with van der Waals surface area (Å²) in [6.07, 6.45) is 0. The van der Waals surface area contributed by atoms with Crippen molar-refractivity contribution in [1.29, 1.82) is 0 Å². The molecular formula is C12H30N2Sn. The van der Waals surface area contributed by atoms with Gasteiger partial charge in [0.25, 0.3) is 0 Å². The van der Waals surface area contributed by atoms with E-state index in [9.17, 15) is 0 Å². The van der Waals surface area contributed by atoms with Crippen LogP contribution in [0, 0.1) is 0 Å². The van der Waals surface area contributed by atoms with Crippen molar-refractivity contribution in [2.45, 2.75) is 50.4 Å². The fraction of sp³-hybridized carbons (Fsp3) is 1.00. The summed E-state index contributed by atoms with van der Waals surface area (Å²) in [5.74, 6) is 0. The van der Waals surface area contributed by atoms with Crippen LogP contribution in [0.15, 0.2) is 0 Å². The monoisotopic (exact) mass is 322 g/mol. The molecule has 0 radical (unpaired) electrons. The van der Waals surface area contributed by atoms with Crippen LogP contribution in [-0.4, -0.2) is 51.3 Å². The molecule has 0 aliphatic carbocycles. The standard InChI is InChI=1S/2C4H10N.2C2H5.Sn/c2*1-3-5-4-2;2*1-2;/h2*3-4H2,1-2H3;2*1H2,2H3;/q2*-1;;;+2. The molecule has 0 saturated heterocycles. The Hall–Kier alpha value is 0.719. The molecule has 0 amide bonds. The van der Waals surface area contributed by atoms with Gasteiger partial charge in [0.15, 0.2) is 0 Å². The topological polar surface area (TPSA) is 6.48 Å². The number of nitrogens with zero attached hydrogens (tertiary/aromatic N) is 2. The van der Waals surface area contributed by atoms with Gasteiger partial charge in [-0.05, 0) is 0 Å². The number of hydrogen-bond donors (Lipinski definition) is 0. The van der Waals surface area contributed by atoms with Gasteiger partial charge >= 0.3 is 102 Å². The first-order valence-corrected chi connectivity index (χ1v) is 13.3. The van der Waals surface area contributed by atoms with Crippen LogP contribution in [-0.2, 0) is 0 Å². The first-order valence-electron chi connectivity index (χ1n) is 6.66. The zero-order valence-corrected chi connectivity index (χ0v) is 14.5. The zero-order valence-electron chi connectivity index (χ0n) is 11.6. The molecule has 0 unspecified atom stereocenters. The van der Waals surface area contributed by atoms with Crippen molar-refractivity contribution in [3.63, 3.8) is 0 Å². The van der Waals surface area contributed by atoms with Crippen LogP contribution >= 0.6 is 0 Å². The van der Waals surface area contributed by atoms with Gasteiger partial charge in [-0.25, -0.2) is 0 Å². The van der Waals surface area contributed by atoms with Crippen LogP contribution in [0.3, 0.4) is 0 Å². The Kier molecular flexibility index (Phi) is 8.28. The van der Waals surface area contributed by atoms with Crippen LogP contribution in [0.1, 0.15) is 41.5 Å². The second-order valence-electron chi connectivity index (χ2n) is 4.03. The van der Waals surface area contributed by atoms with Crippen LogP contribution in [0.25, 0.3) is 0 Å². The summed E-state index contributed by atoms with van der Waals surface area (Å²) in [4.78, 5) is 0. The summed E-state index contributed by atoms with van der Waals surface area (Å²) < 4.78 is 8.49. The van der Waals surface area contributed by atoms with E-state index < -0.39 is 18.9 Å². The van der Waals surface area contributed by atoms with E-state index >= 15 is 0 Å². The first kappa shape index (κ1) is 15.7. The fourth-order valence-corrected chi connectivity index (χ4v) is 17.4. The van der Waals surface area contributed by atoms with E-state index in [-0.39, 0.29) is 0 Å². The summed E-state index contributed by atoms with van der Waals surface area (Å²) in [6, 6.07) is 0. The quantitative estimate of drug-likeness (QED) is 0.634. The molecule has 15 heavy (non-hydrogen) atoms. The minimum absolute atomic E-state index is 1.24. The van der Waals surface area contributed by atoms with E-state index in [0.29, 0.717) is 0 Å². The predicted octanol–water partition coefficient (Wildman–Crippen LogP) is 3.15. The molecule has 0 aliphatic heterocycles. The molecule has 0 aromatic rings. The van der Waals surface area contributed by atoms with Crippen LogP contribution in [0.5, 0.6) is 0 Å². The van der Waals surface area contributed by atoms with Crippen molar-refractivity contribution < 1.29 is 0 Å². The van der Waals surface area contributed by atoms with E-state index in [1.807, 2.05) is 0 Å². The number of hydrogen-bond acceptors (Lipinski definition) is 2. The summed E-state index contributed by atoms with van der Waals surface area (Å²) in [7, 11) is 0. The van der Waals surface area contributed by atoms with Gasteiger partial charge in [0.05, 0.1) is 0 Å². The molecule has 0 N–H and O–H groups in total. The maximum absolute atomic E-state index is 2.82. The third-order valence-electron chi connectivity index (χ3n) is 3.84. The van der Waals surface area contributed by atoms with Gasteiger partial charge in [-0.3, -0.25) is 0 Å². The van der Waals surface area contributed by atoms with Crippen molar-refractivity contribution >= 4 is 18.9 Å². The molecule has 3 heteroatoms. The van der Waals surface area contributed by atoms with Gasteiger partial charge < -0.3 is 0 Å². The summed E-state index contributed by atoms with van der Waals surface area (Å²) in [6.45, 7) is 19.1. The Bertz CT molecular complexity index is 136. The SMILES string of the molecule is CC[N](CC)[Sn]([CH2]C)([CH2]C)[N](CC)CC. The molecule has 0 aromatic heterocycles. The molecule has 0 heterocycles. The molecule has 92 valence electrons. The van der Waals surface area contributed by atoms with Gasteiger partial charge in [0.1, 0.15) is 0 Å². The summed E-state index contributed by atoms with van der Waals surface area (Å²) in [5, 5.41) is 0. The van der Waals surface area contributed by atoms with Gasteiger partial charge in [-0.2, -0.15) is 0 Å². The van der Waals surface area contributed by atoms with Crippen molar-refractivity contribution in [3.8, 4) is 0 Å². The van der Waals surface area contributed by atoms with Gasteiger partial charge in [-0.15, -0.1) is 0 Å². The molecule has 2 nitrogen and oxygen atoms in total. The van der Waals surface area contributed by atoms with Crippen LogP contribution < -0.4 is 0 Å². The second-order valence-corrected chi connectivity index (χ2v) is 17.3. The third-order valence-corrected chi connectivity index (χ3v) is 20.6. The Balaban J connectivity index is 4.98. The Morgan fingerprint density at radius 1 is 0.600 bits per heavy atom. The molecule has 0 atom stereocenters. The number of rotatable bonds is 8. The summed E-state index contributed by atoms with van der Waals surface area (Å²) >= 11 is -2.17. The summed E-state index contributed by atoms with van der Waals surface area (Å²) in [5.41, 5.74) is 0. The maximum atomic E-state index is 2.82. The van der Waals surface area contributed by atoms with E-state index in [4.69, 9.17) is 0 Å². The third kappa shape index (κ3) is 3.34. The Morgan fingerprint density at radius 3 is 1.00 bits per heavy atom. The van der Waals surface area contributed by atoms with Crippen molar-refractivity contribution in [3.05, 3.63) is 0 Å². The van der Waals surface area contributed by atoms with Gasteiger partial charge in [0, 0.05) is 0 Å². The second kappa shape index (κ2) is 7.91. The normalized spacial score (nSPS) is 12.8. The molecule has 0 rings (SSSR count). The average Bonchev–Trinajstić information content (AvgIpc) is 2.29. The Labute approximate surface area is 102 Å². The Morgan fingerprint density at radius 2 is 0.867 bits per heavy atom. The van der Waals surface area contributed by atoms with E-state index in [1.165, 1.54) is 35.1 Å². The van der Waals surface area contributed by atoms with E-state index in [2.05, 4.69) is 47.8 Å².